The molecule has 7 aromatic carbocycles. The lowest BCUT2D eigenvalue weighted by Crippen LogP contribution is -2.10. The first-order chi connectivity index (χ1) is 27.6. The highest BCUT2D eigenvalue weighted by Gasteiger charge is 2.23. The van der Waals surface area contributed by atoms with Crippen molar-refractivity contribution >= 4 is 49.8 Å². The molecule has 0 bridgehead atoms. The van der Waals surface area contributed by atoms with E-state index in [9.17, 15) is 0 Å². The molecule has 0 fully saturated rings. The summed E-state index contributed by atoms with van der Waals surface area (Å²) in [5, 5.41) is 3.76. The van der Waals surface area contributed by atoms with Gasteiger partial charge in [-0.25, -0.2) is 0 Å². The fourth-order valence-corrected chi connectivity index (χ4v) is 8.31. The molecule has 2 aromatic heterocycles. The third-order valence-corrected chi connectivity index (χ3v) is 10.8. The van der Waals surface area contributed by atoms with Gasteiger partial charge >= 0.3 is 0 Å². The Balaban J connectivity index is 1.22. The Bertz CT molecular complexity index is 2890. The minimum Gasteiger partial charge on any atom is -0.311 e. The van der Waals surface area contributed by atoms with Crippen LogP contribution in [-0.4, -0.2) is 4.40 Å². The van der Waals surface area contributed by atoms with Gasteiger partial charge in [0.1, 0.15) is 0 Å². The highest BCUT2D eigenvalue weighted by molar-refractivity contribution is 6.17. The van der Waals surface area contributed by atoms with Crippen LogP contribution >= 0.6 is 0 Å². The Labute approximate surface area is 329 Å². The van der Waals surface area contributed by atoms with Crippen molar-refractivity contribution in [2.45, 2.75) is 13.8 Å². The summed E-state index contributed by atoms with van der Waals surface area (Å²) in [6.07, 6.45) is 8.08. The van der Waals surface area contributed by atoms with Gasteiger partial charge in [-0.3, -0.25) is 0 Å². The molecule has 0 radical (unpaired) electrons. The summed E-state index contributed by atoms with van der Waals surface area (Å²) >= 11 is 0. The van der Waals surface area contributed by atoms with Gasteiger partial charge < -0.3 is 9.30 Å². The van der Waals surface area contributed by atoms with Crippen molar-refractivity contribution in [2.75, 3.05) is 4.90 Å². The standard InChI is InChI=1S/C54H42N2/c1-4-16-39(17-5-2)41-26-32-45(33-27-41)55(46-34-28-42(29-35-46)40-18-8-6-9-19-40)47-36-30-43(31-37-47)52-38(3)53(44-20-10-7-11-21-44)56-51-25-15-14-23-49(51)48-22-12-13-24-50(48)54(52)56/h4-37H,1H2,2-3H3/b17-5-,39-16+. The van der Waals surface area contributed by atoms with Crippen LogP contribution in [0.2, 0.25) is 0 Å². The minimum atomic E-state index is 1.08. The Morgan fingerprint density at radius 1 is 0.518 bits per heavy atom. The van der Waals surface area contributed by atoms with Gasteiger partial charge in [0.2, 0.25) is 0 Å². The third kappa shape index (κ3) is 6.12. The van der Waals surface area contributed by atoms with Crippen molar-refractivity contribution < 1.29 is 0 Å². The van der Waals surface area contributed by atoms with Crippen LogP contribution in [0.4, 0.5) is 17.1 Å². The van der Waals surface area contributed by atoms with Crippen LogP contribution in [0.3, 0.4) is 0 Å². The van der Waals surface area contributed by atoms with Gasteiger partial charge in [0, 0.05) is 33.4 Å². The average molecular weight is 719 g/mol. The van der Waals surface area contributed by atoms with E-state index in [0.717, 1.165) is 28.2 Å². The highest BCUT2D eigenvalue weighted by atomic mass is 15.1. The van der Waals surface area contributed by atoms with E-state index < -0.39 is 0 Å². The van der Waals surface area contributed by atoms with Crippen LogP contribution in [0, 0.1) is 6.92 Å². The van der Waals surface area contributed by atoms with Gasteiger partial charge in [-0.2, -0.15) is 0 Å². The van der Waals surface area contributed by atoms with E-state index in [0.29, 0.717) is 0 Å². The molecule has 2 heterocycles. The maximum atomic E-state index is 3.94. The fourth-order valence-electron chi connectivity index (χ4n) is 8.31. The van der Waals surface area contributed by atoms with Crippen LogP contribution in [0.25, 0.3) is 66.3 Å². The number of para-hydroxylation sites is 1. The molecule has 0 amide bonds. The number of hydrogen-bond donors (Lipinski definition) is 0. The number of nitrogens with zero attached hydrogens (tertiary/aromatic N) is 2. The molecule has 56 heavy (non-hydrogen) atoms. The number of rotatable bonds is 9. The third-order valence-electron chi connectivity index (χ3n) is 10.8. The van der Waals surface area contributed by atoms with E-state index in [2.05, 4.69) is 223 Å². The molecule has 9 rings (SSSR count). The van der Waals surface area contributed by atoms with Crippen molar-refractivity contribution in [1.82, 2.24) is 4.40 Å². The number of allylic oxidation sites excluding steroid dienone is 5. The van der Waals surface area contributed by atoms with Gasteiger partial charge in [0.15, 0.2) is 0 Å². The molecular weight excluding hydrogens is 677 g/mol. The zero-order valence-corrected chi connectivity index (χ0v) is 31.7. The molecule has 0 spiro atoms. The Hall–Kier alpha value is -7.16. The number of anilines is 3. The van der Waals surface area contributed by atoms with E-state index in [4.69, 9.17) is 0 Å². The van der Waals surface area contributed by atoms with Crippen LogP contribution in [-0.2, 0) is 0 Å². The fraction of sp³-hybridized carbons (Fsp3) is 0.0370. The highest BCUT2D eigenvalue weighted by Crippen LogP contribution is 2.45. The minimum absolute atomic E-state index is 1.08. The summed E-state index contributed by atoms with van der Waals surface area (Å²) in [4.78, 5) is 2.35. The summed E-state index contributed by atoms with van der Waals surface area (Å²) < 4.78 is 2.50. The van der Waals surface area contributed by atoms with Crippen molar-refractivity contribution in [2.24, 2.45) is 0 Å². The van der Waals surface area contributed by atoms with Gasteiger partial charge in [0.25, 0.3) is 0 Å². The quantitative estimate of drug-likeness (QED) is 0.106. The second kappa shape index (κ2) is 14.9. The molecule has 0 atom stereocenters. The SMILES string of the molecule is C=C/C=C(\C=C/C)c1ccc(N(c2ccc(-c3ccccc3)cc2)c2ccc(-c3c(C)c(-c4ccccc4)n4c5ccccc5c5ccccc5c34)cc2)cc1. The molecule has 0 aliphatic carbocycles. The van der Waals surface area contributed by atoms with Crippen LogP contribution in [0.1, 0.15) is 18.1 Å². The number of benzene rings is 7. The zero-order valence-electron chi connectivity index (χ0n) is 31.7. The van der Waals surface area contributed by atoms with Crippen molar-refractivity contribution in [3.63, 3.8) is 0 Å². The molecule has 0 unspecified atom stereocenters. The molecule has 0 aliphatic rings. The van der Waals surface area contributed by atoms with Gasteiger partial charge in [-0.05, 0) is 101 Å². The lowest BCUT2D eigenvalue weighted by molar-refractivity contribution is 1.27. The number of fused-ring (bicyclic) bond motifs is 6. The maximum Gasteiger partial charge on any atom is 0.0622 e. The Morgan fingerprint density at radius 2 is 1.02 bits per heavy atom. The Morgan fingerprint density at radius 3 is 1.62 bits per heavy atom. The van der Waals surface area contributed by atoms with E-state index in [1.807, 2.05) is 13.0 Å². The largest absolute Gasteiger partial charge is 0.311 e. The normalized spacial score (nSPS) is 11.9. The van der Waals surface area contributed by atoms with Gasteiger partial charge in [-0.15, -0.1) is 0 Å². The van der Waals surface area contributed by atoms with Gasteiger partial charge in [-0.1, -0.05) is 170 Å². The molecule has 0 saturated carbocycles. The smallest absolute Gasteiger partial charge is 0.0622 e. The lowest BCUT2D eigenvalue weighted by atomic mass is 9.97. The molecule has 0 saturated heterocycles. The molecule has 268 valence electrons. The number of pyridine rings is 1. The van der Waals surface area contributed by atoms with Crippen LogP contribution < -0.4 is 4.90 Å². The average Bonchev–Trinajstić information content (AvgIpc) is 3.58. The second-order valence-corrected chi connectivity index (χ2v) is 14.2. The van der Waals surface area contributed by atoms with Crippen molar-refractivity contribution in [3.8, 4) is 33.5 Å². The van der Waals surface area contributed by atoms with E-state index in [-0.39, 0.29) is 0 Å². The molecule has 0 N–H and O–H groups in total. The Kier molecular flexibility index (Phi) is 9.23. The molecular formula is C54H42N2. The zero-order chi connectivity index (χ0) is 38.0. The van der Waals surface area contributed by atoms with Crippen LogP contribution in [0.5, 0.6) is 0 Å². The van der Waals surface area contributed by atoms with E-state index >= 15 is 0 Å². The van der Waals surface area contributed by atoms with Crippen molar-refractivity contribution in [3.05, 3.63) is 224 Å². The van der Waals surface area contributed by atoms with E-state index in [1.165, 1.54) is 66.3 Å². The predicted octanol–water partition coefficient (Wildman–Crippen LogP) is 15.2. The summed E-state index contributed by atoms with van der Waals surface area (Å²) in [6, 6.07) is 65.9. The first kappa shape index (κ1) is 34.6. The summed E-state index contributed by atoms with van der Waals surface area (Å²) in [5.74, 6) is 0. The summed E-state index contributed by atoms with van der Waals surface area (Å²) in [5.41, 5.74) is 16.5. The number of aromatic nitrogens is 1. The summed E-state index contributed by atoms with van der Waals surface area (Å²) in [7, 11) is 0. The predicted molar refractivity (Wildman–Crippen MR) is 241 cm³/mol. The first-order valence-corrected chi connectivity index (χ1v) is 19.3. The summed E-state index contributed by atoms with van der Waals surface area (Å²) in [6.45, 7) is 8.27. The second-order valence-electron chi connectivity index (χ2n) is 14.2. The molecule has 2 heteroatoms. The van der Waals surface area contributed by atoms with E-state index in [1.54, 1.807) is 0 Å². The number of hydrogen-bond acceptors (Lipinski definition) is 1. The molecule has 0 aliphatic heterocycles. The molecule has 9 aromatic rings. The van der Waals surface area contributed by atoms with Crippen LogP contribution in [0.15, 0.2) is 213 Å². The monoisotopic (exact) mass is 718 g/mol. The maximum absolute atomic E-state index is 3.94. The topological polar surface area (TPSA) is 7.65 Å². The first-order valence-electron chi connectivity index (χ1n) is 19.3. The van der Waals surface area contributed by atoms with Crippen molar-refractivity contribution in [1.29, 1.82) is 0 Å². The molecule has 2 nitrogen and oxygen atoms in total. The van der Waals surface area contributed by atoms with Gasteiger partial charge in [0.05, 0.1) is 16.7 Å². The lowest BCUT2D eigenvalue weighted by Gasteiger charge is -2.26.